The summed E-state index contributed by atoms with van der Waals surface area (Å²) in [5.74, 6) is -0.257. The van der Waals surface area contributed by atoms with Crippen molar-refractivity contribution in [1.82, 2.24) is 5.32 Å². The van der Waals surface area contributed by atoms with Crippen molar-refractivity contribution in [2.75, 3.05) is 18.6 Å². The predicted octanol–water partition coefficient (Wildman–Crippen LogP) is 1.06. The molecule has 0 saturated carbocycles. The van der Waals surface area contributed by atoms with E-state index in [2.05, 4.69) is 5.32 Å². The highest BCUT2D eigenvalue weighted by molar-refractivity contribution is 7.90. The summed E-state index contributed by atoms with van der Waals surface area (Å²) in [6.07, 6.45) is 1.68. The molecule has 4 nitrogen and oxygen atoms in total. The highest BCUT2D eigenvalue weighted by Gasteiger charge is 2.03. The molecule has 0 heterocycles. The quantitative estimate of drug-likeness (QED) is 0.751. The second kappa shape index (κ2) is 5.97. The minimum Gasteiger partial charge on any atom is -0.508 e. The monoisotopic (exact) mass is 261 g/mol. The van der Waals surface area contributed by atoms with Crippen LogP contribution in [0.5, 0.6) is 5.75 Å². The largest absolute Gasteiger partial charge is 0.508 e. The lowest BCUT2D eigenvalue weighted by Crippen LogP contribution is -2.18. The van der Waals surface area contributed by atoms with Crippen molar-refractivity contribution in [2.24, 2.45) is 0 Å². The molecule has 0 aliphatic rings. The first kappa shape index (κ1) is 13.9. The number of halogens is 1. The van der Waals surface area contributed by atoms with Gasteiger partial charge < -0.3 is 10.4 Å². The van der Waals surface area contributed by atoms with Crippen LogP contribution in [0.4, 0.5) is 4.39 Å². The Morgan fingerprint density at radius 1 is 1.41 bits per heavy atom. The molecule has 0 atom stereocenters. The van der Waals surface area contributed by atoms with Gasteiger partial charge in [-0.05, 0) is 31.2 Å². The molecule has 2 N–H and O–H groups in total. The Labute approximate surface area is 100 Å². The molecule has 0 bridgehead atoms. The zero-order valence-corrected chi connectivity index (χ0v) is 10.4. The third kappa shape index (κ3) is 5.65. The van der Waals surface area contributed by atoms with Gasteiger partial charge in [-0.1, -0.05) is 0 Å². The fraction of sp³-hybridized carbons (Fsp3) is 0.455. The Bertz CT molecular complexity index is 474. The van der Waals surface area contributed by atoms with E-state index < -0.39 is 15.7 Å². The minimum absolute atomic E-state index is 0.0296. The molecule has 6 heteroatoms. The molecule has 1 rings (SSSR count). The number of hydrogen-bond donors (Lipinski definition) is 2. The van der Waals surface area contributed by atoms with Crippen LogP contribution >= 0.6 is 0 Å². The number of phenolic OH excluding ortho intramolecular Hbond substituents is 1. The summed E-state index contributed by atoms with van der Waals surface area (Å²) in [6, 6.07) is 3.73. The van der Waals surface area contributed by atoms with Gasteiger partial charge in [0, 0.05) is 18.4 Å². The standard InChI is InChI=1S/C11H16FNO3S/c1-17(15,16)6-2-5-13-8-9-7-10(12)3-4-11(9)14/h3-4,7,13-14H,2,5-6,8H2,1H3. The van der Waals surface area contributed by atoms with Crippen molar-refractivity contribution in [2.45, 2.75) is 13.0 Å². The normalized spacial score (nSPS) is 11.6. The number of hydrogen-bond acceptors (Lipinski definition) is 4. The van der Waals surface area contributed by atoms with Crippen molar-refractivity contribution in [3.63, 3.8) is 0 Å². The zero-order valence-electron chi connectivity index (χ0n) is 9.61. The van der Waals surface area contributed by atoms with Gasteiger partial charge in [-0.15, -0.1) is 0 Å². The Morgan fingerprint density at radius 2 is 2.12 bits per heavy atom. The van der Waals surface area contributed by atoms with Crippen molar-refractivity contribution >= 4 is 9.84 Å². The Hall–Kier alpha value is -1.14. The molecular formula is C11H16FNO3S. The van der Waals surface area contributed by atoms with Crippen LogP contribution in [0.3, 0.4) is 0 Å². The van der Waals surface area contributed by atoms with Gasteiger partial charge in [-0.25, -0.2) is 12.8 Å². The van der Waals surface area contributed by atoms with E-state index in [9.17, 15) is 17.9 Å². The summed E-state index contributed by atoms with van der Waals surface area (Å²) >= 11 is 0. The van der Waals surface area contributed by atoms with Gasteiger partial charge >= 0.3 is 0 Å². The van der Waals surface area contributed by atoms with Crippen LogP contribution in [0.25, 0.3) is 0 Å². The van der Waals surface area contributed by atoms with E-state index in [1.807, 2.05) is 0 Å². The SMILES string of the molecule is CS(=O)(=O)CCCNCc1cc(F)ccc1O. The molecule has 0 spiro atoms. The number of sulfone groups is 1. The molecule has 0 amide bonds. The van der Waals surface area contributed by atoms with Crippen molar-refractivity contribution in [3.8, 4) is 5.75 Å². The molecule has 0 fully saturated rings. The second-order valence-corrected chi connectivity index (χ2v) is 6.19. The summed E-state index contributed by atoms with van der Waals surface area (Å²) < 4.78 is 34.6. The van der Waals surface area contributed by atoms with Crippen LogP contribution in [-0.4, -0.2) is 32.1 Å². The topological polar surface area (TPSA) is 66.4 Å². The van der Waals surface area contributed by atoms with E-state index in [-0.39, 0.29) is 11.5 Å². The van der Waals surface area contributed by atoms with E-state index >= 15 is 0 Å². The Kier molecular flexibility index (Phi) is 4.89. The van der Waals surface area contributed by atoms with Gasteiger partial charge in [-0.2, -0.15) is 0 Å². The molecular weight excluding hydrogens is 245 g/mol. The number of phenols is 1. The van der Waals surface area contributed by atoms with Crippen LogP contribution in [0.1, 0.15) is 12.0 Å². The lowest BCUT2D eigenvalue weighted by Gasteiger charge is -2.06. The third-order valence-electron chi connectivity index (χ3n) is 2.23. The highest BCUT2D eigenvalue weighted by atomic mass is 32.2. The average molecular weight is 261 g/mol. The Morgan fingerprint density at radius 3 is 2.76 bits per heavy atom. The molecule has 1 aromatic carbocycles. The van der Waals surface area contributed by atoms with Gasteiger partial charge in [0.2, 0.25) is 0 Å². The molecule has 1 aromatic rings. The van der Waals surface area contributed by atoms with Crippen molar-refractivity contribution in [1.29, 1.82) is 0 Å². The zero-order chi connectivity index (χ0) is 12.9. The molecule has 0 aliphatic heterocycles. The van der Waals surface area contributed by atoms with E-state index in [4.69, 9.17) is 0 Å². The highest BCUT2D eigenvalue weighted by Crippen LogP contribution is 2.17. The lowest BCUT2D eigenvalue weighted by atomic mass is 10.2. The predicted molar refractivity (Wildman–Crippen MR) is 64.1 cm³/mol. The fourth-order valence-electron chi connectivity index (χ4n) is 1.38. The van der Waals surface area contributed by atoms with Gasteiger partial charge in [0.05, 0.1) is 5.75 Å². The molecule has 0 aromatic heterocycles. The molecule has 96 valence electrons. The number of nitrogens with one attached hydrogen (secondary N) is 1. The number of rotatable bonds is 6. The molecule has 0 aliphatic carbocycles. The fourth-order valence-corrected chi connectivity index (χ4v) is 2.05. The minimum atomic E-state index is -2.93. The second-order valence-electron chi connectivity index (χ2n) is 3.93. The van der Waals surface area contributed by atoms with Crippen LogP contribution in [0.15, 0.2) is 18.2 Å². The van der Waals surface area contributed by atoms with E-state index in [0.717, 1.165) is 0 Å². The summed E-state index contributed by atoms with van der Waals surface area (Å²) in [4.78, 5) is 0. The van der Waals surface area contributed by atoms with Gasteiger partial charge in [0.1, 0.15) is 21.4 Å². The van der Waals surface area contributed by atoms with Crippen LogP contribution in [0, 0.1) is 5.82 Å². The first-order chi connectivity index (χ1) is 7.88. The van der Waals surface area contributed by atoms with E-state index in [1.165, 1.54) is 24.5 Å². The van der Waals surface area contributed by atoms with E-state index in [0.29, 0.717) is 25.1 Å². The smallest absolute Gasteiger partial charge is 0.147 e. The first-order valence-corrected chi connectivity index (χ1v) is 7.30. The summed E-state index contributed by atoms with van der Waals surface area (Å²) in [7, 11) is -2.93. The molecule has 0 unspecified atom stereocenters. The summed E-state index contributed by atoms with van der Waals surface area (Å²) in [5.41, 5.74) is 0.462. The van der Waals surface area contributed by atoms with Crippen LogP contribution in [-0.2, 0) is 16.4 Å². The molecule has 17 heavy (non-hydrogen) atoms. The van der Waals surface area contributed by atoms with Gasteiger partial charge in [-0.3, -0.25) is 0 Å². The van der Waals surface area contributed by atoms with Crippen molar-refractivity contribution in [3.05, 3.63) is 29.6 Å². The van der Waals surface area contributed by atoms with Gasteiger partial charge in [0.25, 0.3) is 0 Å². The third-order valence-corrected chi connectivity index (χ3v) is 3.26. The number of aromatic hydroxyl groups is 1. The van der Waals surface area contributed by atoms with Gasteiger partial charge in [0.15, 0.2) is 0 Å². The average Bonchev–Trinajstić information content (AvgIpc) is 2.21. The van der Waals surface area contributed by atoms with Crippen LogP contribution < -0.4 is 5.32 Å². The maximum atomic E-state index is 12.9. The Balaban J connectivity index is 2.34. The maximum absolute atomic E-state index is 12.9. The summed E-state index contributed by atoms with van der Waals surface area (Å²) in [5, 5.41) is 12.4. The van der Waals surface area contributed by atoms with Crippen molar-refractivity contribution < 1.29 is 17.9 Å². The van der Waals surface area contributed by atoms with Crippen LogP contribution in [0.2, 0.25) is 0 Å². The molecule has 0 radical (unpaired) electrons. The van der Waals surface area contributed by atoms with E-state index in [1.54, 1.807) is 0 Å². The maximum Gasteiger partial charge on any atom is 0.147 e. The summed E-state index contributed by atoms with van der Waals surface area (Å²) in [6.45, 7) is 0.816. The lowest BCUT2D eigenvalue weighted by molar-refractivity contribution is 0.461. The number of benzene rings is 1. The molecule has 0 saturated heterocycles. The first-order valence-electron chi connectivity index (χ1n) is 5.24.